The summed E-state index contributed by atoms with van der Waals surface area (Å²) in [5.41, 5.74) is 0. The van der Waals surface area contributed by atoms with Gasteiger partial charge >= 0.3 is 0 Å². The quantitative estimate of drug-likeness (QED) is 0.656. The molecular formula is C14H25N3O. The van der Waals surface area contributed by atoms with Crippen molar-refractivity contribution in [2.45, 2.75) is 31.7 Å². The first-order valence-corrected chi connectivity index (χ1v) is 7.12. The maximum atomic E-state index is 11.8. The Labute approximate surface area is 110 Å². The summed E-state index contributed by atoms with van der Waals surface area (Å²) in [6.07, 6.45) is 6.75. The highest BCUT2D eigenvalue weighted by Gasteiger charge is 2.31. The van der Waals surface area contributed by atoms with Gasteiger partial charge in [-0.1, -0.05) is 6.08 Å². The zero-order valence-corrected chi connectivity index (χ0v) is 11.2. The Morgan fingerprint density at radius 2 is 2.06 bits per heavy atom. The first-order valence-electron chi connectivity index (χ1n) is 7.12. The molecule has 2 aliphatic rings. The maximum Gasteiger partial charge on any atom is 0.234 e. The largest absolute Gasteiger partial charge is 0.352 e. The number of hydrogen-bond acceptors (Lipinski definition) is 3. The lowest BCUT2D eigenvalue weighted by atomic mass is 9.97. The van der Waals surface area contributed by atoms with Crippen LogP contribution in [0.25, 0.3) is 0 Å². The average Bonchev–Trinajstić information content (AvgIpc) is 3.21. The van der Waals surface area contributed by atoms with Crippen molar-refractivity contribution in [3.8, 4) is 0 Å². The molecule has 1 aliphatic carbocycles. The van der Waals surface area contributed by atoms with Crippen molar-refractivity contribution in [3.05, 3.63) is 12.7 Å². The highest BCUT2D eigenvalue weighted by molar-refractivity contribution is 5.78. The lowest BCUT2D eigenvalue weighted by Crippen LogP contribution is -2.42. The summed E-state index contributed by atoms with van der Waals surface area (Å²) in [6, 6.07) is 0.661. The maximum absolute atomic E-state index is 11.8. The standard InChI is InChI=1S/C14H25N3O/c1-2-7-16-14(18)11-17(13-3-4-13)10-12-5-8-15-9-6-12/h2,12-13,15H,1,3-11H2,(H,16,18). The number of hydrogen-bond donors (Lipinski definition) is 2. The van der Waals surface area contributed by atoms with Crippen molar-refractivity contribution in [2.75, 3.05) is 32.7 Å². The van der Waals surface area contributed by atoms with E-state index in [1.807, 2.05) is 0 Å². The van der Waals surface area contributed by atoms with Crippen molar-refractivity contribution < 1.29 is 4.79 Å². The minimum Gasteiger partial charge on any atom is -0.352 e. The zero-order valence-electron chi connectivity index (χ0n) is 11.2. The predicted molar refractivity (Wildman–Crippen MR) is 73.4 cm³/mol. The van der Waals surface area contributed by atoms with Gasteiger partial charge in [0.05, 0.1) is 6.54 Å². The second-order valence-corrected chi connectivity index (χ2v) is 5.45. The zero-order chi connectivity index (χ0) is 12.8. The molecule has 18 heavy (non-hydrogen) atoms. The summed E-state index contributed by atoms with van der Waals surface area (Å²) in [6.45, 7) is 8.10. The number of rotatable bonds is 7. The molecule has 4 nitrogen and oxygen atoms in total. The van der Waals surface area contributed by atoms with E-state index in [1.54, 1.807) is 6.08 Å². The molecule has 102 valence electrons. The number of nitrogens with zero attached hydrogens (tertiary/aromatic N) is 1. The highest BCUT2D eigenvalue weighted by atomic mass is 16.2. The van der Waals surface area contributed by atoms with Crippen molar-refractivity contribution in [2.24, 2.45) is 5.92 Å². The second-order valence-electron chi connectivity index (χ2n) is 5.45. The van der Waals surface area contributed by atoms with E-state index in [-0.39, 0.29) is 5.91 Å². The van der Waals surface area contributed by atoms with Crippen LogP contribution in [-0.2, 0) is 4.79 Å². The Morgan fingerprint density at radius 1 is 1.33 bits per heavy atom. The van der Waals surface area contributed by atoms with Gasteiger partial charge in [-0.15, -0.1) is 6.58 Å². The van der Waals surface area contributed by atoms with E-state index >= 15 is 0 Å². The molecule has 1 aliphatic heterocycles. The lowest BCUT2D eigenvalue weighted by molar-refractivity contribution is -0.122. The topological polar surface area (TPSA) is 44.4 Å². The number of carbonyl (C=O) groups is 1. The normalized spacial score (nSPS) is 20.9. The Morgan fingerprint density at radius 3 is 2.67 bits per heavy atom. The van der Waals surface area contributed by atoms with Crippen LogP contribution in [0.1, 0.15) is 25.7 Å². The summed E-state index contributed by atoms with van der Waals surface area (Å²) in [7, 11) is 0. The molecule has 0 atom stereocenters. The van der Waals surface area contributed by atoms with Crippen LogP contribution in [0.5, 0.6) is 0 Å². The number of piperidine rings is 1. The van der Waals surface area contributed by atoms with Crippen LogP contribution in [0.2, 0.25) is 0 Å². The van der Waals surface area contributed by atoms with Crippen molar-refractivity contribution in [3.63, 3.8) is 0 Å². The molecule has 4 heteroatoms. The molecule has 0 aromatic heterocycles. The van der Waals surface area contributed by atoms with E-state index in [0.717, 1.165) is 25.6 Å². The second kappa shape index (κ2) is 6.90. The van der Waals surface area contributed by atoms with Crippen LogP contribution in [0.15, 0.2) is 12.7 Å². The lowest BCUT2D eigenvalue weighted by Gasteiger charge is -2.29. The van der Waals surface area contributed by atoms with E-state index in [9.17, 15) is 4.79 Å². The molecule has 1 saturated heterocycles. The molecular weight excluding hydrogens is 226 g/mol. The molecule has 2 fully saturated rings. The van der Waals surface area contributed by atoms with Gasteiger partial charge in [0.25, 0.3) is 0 Å². The van der Waals surface area contributed by atoms with Crippen molar-refractivity contribution in [1.29, 1.82) is 0 Å². The van der Waals surface area contributed by atoms with E-state index in [2.05, 4.69) is 22.1 Å². The van der Waals surface area contributed by atoms with Crippen LogP contribution in [0, 0.1) is 5.92 Å². The Kier molecular flexibility index (Phi) is 5.20. The SMILES string of the molecule is C=CCNC(=O)CN(CC1CCNCC1)C1CC1. The molecule has 1 amide bonds. The predicted octanol–water partition coefficient (Wildman–Crippen LogP) is 0.753. The summed E-state index contributed by atoms with van der Waals surface area (Å²) >= 11 is 0. The molecule has 1 heterocycles. The van der Waals surface area contributed by atoms with Crippen LogP contribution < -0.4 is 10.6 Å². The summed E-state index contributed by atoms with van der Waals surface area (Å²) < 4.78 is 0. The van der Waals surface area contributed by atoms with Crippen LogP contribution in [-0.4, -0.2) is 49.6 Å². The van der Waals surface area contributed by atoms with Gasteiger partial charge in [-0.05, 0) is 44.7 Å². The van der Waals surface area contributed by atoms with E-state index in [4.69, 9.17) is 0 Å². The van der Waals surface area contributed by atoms with E-state index in [1.165, 1.54) is 25.7 Å². The van der Waals surface area contributed by atoms with Crippen molar-refractivity contribution >= 4 is 5.91 Å². The molecule has 1 saturated carbocycles. The summed E-state index contributed by atoms with van der Waals surface area (Å²) in [5.74, 6) is 0.898. The number of carbonyl (C=O) groups excluding carboxylic acids is 1. The molecule has 0 bridgehead atoms. The van der Waals surface area contributed by atoms with Gasteiger partial charge < -0.3 is 10.6 Å². The average molecular weight is 251 g/mol. The van der Waals surface area contributed by atoms with Crippen LogP contribution in [0.3, 0.4) is 0 Å². The van der Waals surface area contributed by atoms with Gasteiger partial charge in [0, 0.05) is 19.1 Å². The molecule has 0 radical (unpaired) electrons. The van der Waals surface area contributed by atoms with E-state index < -0.39 is 0 Å². The van der Waals surface area contributed by atoms with Crippen molar-refractivity contribution in [1.82, 2.24) is 15.5 Å². The van der Waals surface area contributed by atoms with Crippen LogP contribution in [0.4, 0.5) is 0 Å². The fraction of sp³-hybridized carbons (Fsp3) is 0.786. The van der Waals surface area contributed by atoms with Gasteiger partial charge in [-0.3, -0.25) is 9.69 Å². The third kappa shape index (κ3) is 4.42. The fourth-order valence-corrected chi connectivity index (χ4v) is 2.60. The Hall–Kier alpha value is -0.870. The molecule has 0 spiro atoms. The molecule has 0 aromatic rings. The van der Waals surface area contributed by atoms with Gasteiger partial charge in [0.2, 0.25) is 5.91 Å². The third-order valence-corrected chi connectivity index (χ3v) is 3.80. The third-order valence-electron chi connectivity index (χ3n) is 3.80. The highest BCUT2D eigenvalue weighted by Crippen LogP contribution is 2.28. The van der Waals surface area contributed by atoms with Gasteiger partial charge in [-0.25, -0.2) is 0 Å². The molecule has 2 N–H and O–H groups in total. The molecule has 2 rings (SSSR count). The molecule has 0 unspecified atom stereocenters. The van der Waals surface area contributed by atoms with Gasteiger partial charge in [-0.2, -0.15) is 0 Å². The first kappa shape index (κ1) is 13.6. The van der Waals surface area contributed by atoms with Gasteiger partial charge in [0.1, 0.15) is 0 Å². The van der Waals surface area contributed by atoms with Crippen LogP contribution >= 0.6 is 0 Å². The number of amides is 1. The Balaban J connectivity index is 1.76. The minimum absolute atomic E-state index is 0.135. The van der Waals surface area contributed by atoms with E-state index in [0.29, 0.717) is 19.1 Å². The van der Waals surface area contributed by atoms with Gasteiger partial charge in [0.15, 0.2) is 0 Å². The minimum atomic E-state index is 0.135. The Bertz CT molecular complexity index is 283. The monoisotopic (exact) mass is 251 g/mol. The summed E-state index contributed by atoms with van der Waals surface area (Å²) in [5, 5.41) is 6.26. The summed E-state index contributed by atoms with van der Waals surface area (Å²) in [4.78, 5) is 14.2. The smallest absolute Gasteiger partial charge is 0.234 e. The molecule has 0 aromatic carbocycles. The fourth-order valence-electron chi connectivity index (χ4n) is 2.60. The number of nitrogens with one attached hydrogen (secondary N) is 2. The first-order chi connectivity index (χ1) is 8.79.